The van der Waals surface area contributed by atoms with Gasteiger partial charge in [0.1, 0.15) is 11.6 Å². The quantitative estimate of drug-likeness (QED) is 0.814. The van der Waals surface area contributed by atoms with Crippen molar-refractivity contribution in [2.75, 3.05) is 18.4 Å². The number of nitrogens with one attached hydrogen (secondary N) is 1. The first kappa shape index (κ1) is 15.1. The van der Waals surface area contributed by atoms with E-state index in [2.05, 4.69) is 37.9 Å². The Hall–Kier alpha value is -1.29. The van der Waals surface area contributed by atoms with Crippen LogP contribution in [0, 0.1) is 11.7 Å². The molecular weight excluding hydrogens is 255 g/mol. The zero-order valence-electron chi connectivity index (χ0n) is 12.8. The first-order chi connectivity index (χ1) is 9.27. The highest BCUT2D eigenvalue weighted by Crippen LogP contribution is 2.29. The summed E-state index contributed by atoms with van der Waals surface area (Å²) < 4.78 is 13.0. The molecule has 0 radical (unpaired) electrons. The van der Waals surface area contributed by atoms with Gasteiger partial charge in [-0.05, 0) is 45.2 Å². The first-order valence-corrected chi connectivity index (χ1v) is 7.27. The Morgan fingerprint density at radius 3 is 2.60 bits per heavy atom. The van der Waals surface area contributed by atoms with Gasteiger partial charge in [0.05, 0.1) is 5.69 Å². The Morgan fingerprint density at radius 1 is 1.35 bits per heavy atom. The van der Waals surface area contributed by atoms with Gasteiger partial charge < -0.3 is 10.4 Å². The summed E-state index contributed by atoms with van der Waals surface area (Å²) in [7, 11) is 0. The topological polar surface area (TPSA) is 35.5 Å². The highest BCUT2D eigenvalue weighted by Gasteiger charge is 2.31. The number of hydrogen-bond acceptors (Lipinski definition) is 3. The molecule has 2 N–H and O–H groups in total. The third kappa shape index (κ3) is 3.42. The van der Waals surface area contributed by atoms with Crippen LogP contribution >= 0.6 is 0 Å². The zero-order chi connectivity index (χ0) is 14.9. The molecule has 0 bridgehead atoms. The number of likely N-dealkylation sites (tertiary alicyclic amines) is 1. The lowest BCUT2D eigenvalue weighted by atomic mass is 9.90. The lowest BCUT2D eigenvalue weighted by Gasteiger charge is -2.44. The predicted octanol–water partition coefficient (Wildman–Crippen LogP) is 3.45. The van der Waals surface area contributed by atoms with Crippen LogP contribution in [0.5, 0.6) is 5.75 Å². The summed E-state index contributed by atoms with van der Waals surface area (Å²) in [6.45, 7) is 11.0. The van der Waals surface area contributed by atoms with Crippen LogP contribution in [0.15, 0.2) is 18.2 Å². The largest absolute Gasteiger partial charge is 0.506 e. The summed E-state index contributed by atoms with van der Waals surface area (Å²) >= 11 is 0. The van der Waals surface area contributed by atoms with Crippen LogP contribution in [0.25, 0.3) is 0 Å². The van der Waals surface area contributed by atoms with Crippen LogP contribution in [0.2, 0.25) is 0 Å². The second-order valence-corrected chi connectivity index (χ2v) is 6.80. The summed E-state index contributed by atoms with van der Waals surface area (Å²) in [4.78, 5) is 2.49. The number of nitrogens with zero attached hydrogens (tertiary/aromatic N) is 1. The predicted molar refractivity (Wildman–Crippen MR) is 80.6 cm³/mol. The smallest absolute Gasteiger partial charge is 0.141 e. The molecule has 20 heavy (non-hydrogen) atoms. The van der Waals surface area contributed by atoms with Crippen LogP contribution in [0.1, 0.15) is 34.1 Å². The second-order valence-electron chi connectivity index (χ2n) is 6.80. The summed E-state index contributed by atoms with van der Waals surface area (Å²) in [6.07, 6.45) is 1.02. The van der Waals surface area contributed by atoms with Crippen molar-refractivity contribution in [3.05, 3.63) is 24.0 Å². The molecule has 1 aliphatic heterocycles. The lowest BCUT2D eigenvalue weighted by molar-refractivity contribution is 0.0779. The van der Waals surface area contributed by atoms with Gasteiger partial charge in [0.2, 0.25) is 0 Å². The van der Waals surface area contributed by atoms with Crippen LogP contribution in [0.3, 0.4) is 0 Å². The van der Waals surface area contributed by atoms with E-state index in [0.29, 0.717) is 17.6 Å². The summed E-state index contributed by atoms with van der Waals surface area (Å²) in [5.41, 5.74) is 0.810. The summed E-state index contributed by atoms with van der Waals surface area (Å²) in [6, 6.07) is 4.44. The molecule has 0 saturated carbocycles. The van der Waals surface area contributed by atoms with Crippen LogP contribution < -0.4 is 5.32 Å². The molecule has 2 rings (SSSR count). The van der Waals surface area contributed by atoms with E-state index in [0.717, 1.165) is 25.6 Å². The molecule has 0 unspecified atom stereocenters. The molecule has 0 spiro atoms. The summed E-state index contributed by atoms with van der Waals surface area (Å²) in [5.74, 6) is 0.0477. The maximum atomic E-state index is 13.0. The van der Waals surface area contributed by atoms with E-state index in [1.54, 1.807) is 6.07 Å². The van der Waals surface area contributed by atoms with E-state index in [1.165, 1.54) is 6.07 Å². The molecule has 1 fully saturated rings. The standard InChI is InChI=1S/C16H25FN2O/c1-11-10-19(16(2,3)4)8-7-13(11)18-14-6-5-12(17)9-15(14)20/h5-6,9,11,13,18,20H,7-8,10H2,1-4H3/t11-,13-/m1/s1. The van der Waals surface area contributed by atoms with E-state index in [4.69, 9.17) is 0 Å². The van der Waals surface area contributed by atoms with Gasteiger partial charge >= 0.3 is 0 Å². The van der Waals surface area contributed by atoms with Gasteiger partial charge in [0.15, 0.2) is 0 Å². The van der Waals surface area contributed by atoms with Crippen molar-refractivity contribution in [2.24, 2.45) is 5.92 Å². The number of hydrogen-bond donors (Lipinski definition) is 2. The van der Waals surface area contributed by atoms with Gasteiger partial charge in [-0.25, -0.2) is 4.39 Å². The lowest BCUT2D eigenvalue weighted by Crippen LogP contribution is -2.52. The third-order valence-corrected chi connectivity index (χ3v) is 4.15. The maximum Gasteiger partial charge on any atom is 0.141 e. The fourth-order valence-corrected chi connectivity index (χ4v) is 2.80. The Labute approximate surface area is 120 Å². The van der Waals surface area contributed by atoms with Crippen molar-refractivity contribution < 1.29 is 9.50 Å². The first-order valence-electron chi connectivity index (χ1n) is 7.27. The molecule has 0 amide bonds. The SMILES string of the molecule is C[C@@H]1CN(C(C)(C)C)CC[C@H]1Nc1ccc(F)cc1O. The molecule has 1 aliphatic rings. The van der Waals surface area contributed by atoms with Crippen molar-refractivity contribution in [1.82, 2.24) is 4.90 Å². The second kappa shape index (κ2) is 5.60. The highest BCUT2D eigenvalue weighted by molar-refractivity contribution is 5.56. The van der Waals surface area contributed by atoms with Crippen LogP contribution in [-0.2, 0) is 0 Å². The van der Waals surface area contributed by atoms with Crippen molar-refractivity contribution in [3.63, 3.8) is 0 Å². The van der Waals surface area contributed by atoms with Gasteiger partial charge in [-0.3, -0.25) is 4.90 Å². The molecule has 1 aromatic carbocycles. The molecule has 1 saturated heterocycles. The maximum absolute atomic E-state index is 13.0. The molecule has 3 nitrogen and oxygen atoms in total. The molecule has 112 valence electrons. The van der Waals surface area contributed by atoms with Gasteiger partial charge in [-0.2, -0.15) is 0 Å². The van der Waals surface area contributed by atoms with Gasteiger partial charge in [0.25, 0.3) is 0 Å². The van der Waals surface area contributed by atoms with E-state index in [1.807, 2.05) is 0 Å². The zero-order valence-corrected chi connectivity index (χ0v) is 12.8. The average Bonchev–Trinajstić information content (AvgIpc) is 2.33. The number of piperidine rings is 1. The number of anilines is 1. The van der Waals surface area contributed by atoms with Crippen molar-refractivity contribution in [2.45, 2.75) is 45.7 Å². The average molecular weight is 280 g/mol. The molecule has 4 heteroatoms. The molecule has 0 aliphatic carbocycles. The van der Waals surface area contributed by atoms with Crippen LogP contribution in [0.4, 0.5) is 10.1 Å². The van der Waals surface area contributed by atoms with E-state index in [9.17, 15) is 9.50 Å². The number of phenols is 1. The normalized spacial score (nSPS) is 24.6. The van der Waals surface area contributed by atoms with Crippen molar-refractivity contribution in [3.8, 4) is 5.75 Å². The minimum Gasteiger partial charge on any atom is -0.506 e. The molecule has 1 heterocycles. The highest BCUT2D eigenvalue weighted by atomic mass is 19.1. The molecule has 2 atom stereocenters. The number of rotatable bonds is 2. The Kier molecular flexibility index (Phi) is 4.23. The van der Waals surface area contributed by atoms with Gasteiger partial charge in [-0.1, -0.05) is 6.92 Å². The fourth-order valence-electron chi connectivity index (χ4n) is 2.80. The minimum atomic E-state index is -0.413. The monoisotopic (exact) mass is 280 g/mol. The van der Waals surface area contributed by atoms with Crippen molar-refractivity contribution >= 4 is 5.69 Å². The number of benzene rings is 1. The van der Waals surface area contributed by atoms with Crippen LogP contribution in [-0.4, -0.2) is 34.7 Å². The third-order valence-electron chi connectivity index (χ3n) is 4.15. The van der Waals surface area contributed by atoms with Gasteiger partial charge in [0, 0.05) is 30.7 Å². The number of aromatic hydroxyl groups is 1. The Morgan fingerprint density at radius 2 is 2.05 bits per heavy atom. The summed E-state index contributed by atoms with van der Waals surface area (Å²) in [5, 5.41) is 13.1. The number of halogens is 1. The molecule has 0 aromatic heterocycles. The van der Waals surface area contributed by atoms with Gasteiger partial charge in [-0.15, -0.1) is 0 Å². The minimum absolute atomic E-state index is 0.0181. The Bertz CT molecular complexity index is 470. The molecular formula is C16H25FN2O. The van der Waals surface area contributed by atoms with E-state index >= 15 is 0 Å². The van der Waals surface area contributed by atoms with E-state index in [-0.39, 0.29) is 11.3 Å². The number of phenolic OH excluding ortho intramolecular Hbond substituents is 1. The van der Waals surface area contributed by atoms with Crippen molar-refractivity contribution in [1.29, 1.82) is 0 Å². The van der Waals surface area contributed by atoms with E-state index < -0.39 is 5.82 Å². The Balaban J connectivity index is 2.01. The molecule has 1 aromatic rings. The fraction of sp³-hybridized carbons (Fsp3) is 0.625.